The van der Waals surface area contributed by atoms with Gasteiger partial charge in [-0.15, -0.1) is 23.2 Å². The zero-order valence-electron chi connectivity index (χ0n) is 17.0. The molecule has 0 saturated heterocycles. The Balaban J connectivity index is 1.51. The number of halogens is 2. The number of nitrogens with zero attached hydrogens (tertiary/aromatic N) is 1. The summed E-state index contributed by atoms with van der Waals surface area (Å²) in [5.41, 5.74) is 4.12. The zero-order chi connectivity index (χ0) is 19.8. The monoisotopic (exact) mass is 417 g/mol. The molecule has 1 fully saturated rings. The second-order valence-electron chi connectivity index (χ2n) is 8.10. The molecule has 0 spiro atoms. The number of alkyl halides is 2. The number of rotatable bonds is 9. The molecule has 1 aliphatic carbocycles. The molecule has 2 aromatic carbocycles. The molecular formula is C25H33Cl2N. The summed E-state index contributed by atoms with van der Waals surface area (Å²) in [5, 5.41) is 0.338. The van der Waals surface area contributed by atoms with Gasteiger partial charge in [-0.1, -0.05) is 67.9 Å². The van der Waals surface area contributed by atoms with Gasteiger partial charge < -0.3 is 0 Å². The van der Waals surface area contributed by atoms with Crippen LogP contribution in [0.3, 0.4) is 0 Å². The fraction of sp³-hybridized carbons (Fsp3) is 0.520. The molecule has 0 radical (unpaired) electrons. The van der Waals surface area contributed by atoms with E-state index in [9.17, 15) is 0 Å². The van der Waals surface area contributed by atoms with Gasteiger partial charge in [-0.25, -0.2) is 0 Å². The summed E-state index contributed by atoms with van der Waals surface area (Å²) < 4.78 is 0. The van der Waals surface area contributed by atoms with E-state index < -0.39 is 0 Å². The van der Waals surface area contributed by atoms with E-state index in [0.29, 0.717) is 0 Å². The molecule has 3 rings (SSSR count). The topological polar surface area (TPSA) is 3.24 Å². The lowest BCUT2D eigenvalue weighted by molar-refractivity contribution is 0.262. The van der Waals surface area contributed by atoms with E-state index in [1.54, 1.807) is 0 Å². The lowest BCUT2D eigenvalue weighted by atomic mass is 9.83. The minimum absolute atomic E-state index is 0.169. The average Bonchev–Trinajstić information content (AvgIpc) is 2.70. The molecule has 152 valence electrons. The van der Waals surface area contributed by atoms with Crippen LogP contribution < -0.4 is 0 Å². The summed E-state index contributed by atoms with van der Waals surface area (Å²) >= 11 is 13.2. The van der Waals surface area contributed by atoms with Crippen molar-refractivity contribution in [2.75, 3.05) is 13.1 Å². The third kappa shape index (κ3) is 6.24. The van der Waals surface area contributed by atoms with Crippen LogP contribution in [0.4, 0.5) is 0 Å². The van der Waals surface area contributed by atoms with Gasteiger partial charge in [0.2, 0.25) is 0 Å². The highest BCUT2D eigenvalue weighted by atomic mass is 35.5. The molecule has 1 aliphatic rings. The summed E-state index contributed by atoms with van der Waals surface area (Å²) in [4.78, 5) is 2.57. The number of aryl methyl sites for hydroxylation is 1. The quantitative estimate of drug-likeness (QED) is 0.396. The van der Waals surface area contributed by atoms with Crippen LogP contribution in [0.1, 0.15) is 61.6 Å². The molecule has 0 amide bonds. The van der Waals surface area contributed by atoms with Crippen molar-refractivity contribution in [3.63, 3.8) is 0 Å². The van der Waals surface area contributed by atoms with E-state index >= 15 is 0 Å². The van der Waals surface area contributed by atoms with Crippen LogP contribution in [0.15, 0.2) is 54.6 Å². The molecule has 0 aliphatic heterocycles. The van der Waals surface area contributed by atoms with E-state index in [4.69, 9.17) is 23.2 Å². The van der Waals surface area contributed by atoms with Gasteiger partial charge in [0, 0.05) is 23.2 Å². The lowest BCUT2D eigenvalue weighted by Crippen LogP contribution is -2.27. The normalized spacial score (nSPS) is 22.5. The van der Waals surface area contributed by atoms with Crippen molar-refractivity contribution in [3.8, 4) is 0 Å². The highest BCUT2D eigenvalue weighted by molar-refractivity contribution is 6.24. The maximum Gasteiger partial charge on any atom is 0.0418 e. The Hall–Kier alpha value is -1.02. The first-order chi connectivity index (χ1) is 13.7. The molecule has 2 aromatic rings. The summed E-state index contributed by atoms with van der Waals surface area (Å²) in [6, 6.07) is 19.9. The van der Waals surface area contributed by atoms with Gasteiger partial charge in [-0.2, -0.15) is 0 Å². The van der Waals surface area contributed by atoms with Crippen LogP contribution in [0.5, 0.6) is 0 Å². The molecular weight excluding hydrogens is 385 g/mol. The van der Waals surface area contributed by atoms with E-state index in [1.807, 2.05) is 0 Å². The van der Waals surface area contributed by atoms with Crippen molar-refractivity contribution < 1.29 is 0 Å². The lowest BCUT2D eigenvalue weighted by Gasteiger charge is -2.32. The minimum Gasteiger partial charge on any atom is -0.299 e. The predicted molar refractivity (Wildman–Crippen MR) is 123 cm³/mol. The summed E-state index contributed by atoms with van der Waals surface area (Å²) in [6.07, 6.45) is 6.80. The fourth-order valence-electron chi connectivity index (χ4n) is 4.35. The summed E-state index contributed by atoms with van der Waals surface area (Å²) in [6.45, 7) is 5.60. The molecule has 2 atom stereocenters. The Morgan fingerprint density at radius 2 is 1.54 bits per heavy atom. The number of benzene rings is 2. The predicted octanol–water partition coefficient (Wildman–Crippen LogP) is 7.01. The molecule has 1 saturated carbocycles. The highest BCUT2D eigenvalue weighted by Gasteiger charge is 2.31. The Bertz CT molecular complexity index is 675. The molecule has 0 heterocycles. The molecule has 0 bridgehead atoms. The Labute approximate surface area is 181 Å². The van der Waals surface area contributed by atoms with E-state index in [1.165, 1.54) is 29.5 Å². The van der Waals surface area contributed by atoms with Gasteiger partial charge in [0.05, 0.1) is 0 Å². The van der Waals surface area contributed by atoms with Gasteiger partial charge in [0.25, 0.3) is 0 Å². The van der Waals surface area contributed by atoms with E-state index in [-0.39, 0.29) is 16.7 Å². The first kappa shape index (κ1) is 21.7. The second-order valence-corrected chi connectivity index (χ2v) is 9.22. The first-order valence-electron chi connectivity index (χ1n) is 10.8. The van der Waals surface area contributed by atoms with E-state index in [2.05, 4.69) is 66.4 Å². The molecule has 0 aromatic heterocycles. The third-order valence-corrected chi connectivity index (χ3v) is 6.81. The number of hydrogen-bond acceptors (Lipinski definition) is 1. The molecule has 28 heavy (non-hydrogen) atoms. The Morgan fingerprint density at radius 3 is 2.18 bits per heavy atom. The first-order valence-corrected chi connectivity index (χ1v) is 11.7. The van der Waals surface area contributed by atoms with Crippen LogP contribution in [-0.2, 0) is 13.0 Å². The van der Waals surface area contributed by atoms with Crippen molar-refractivity contribution in [2.45, 2.75) is 68.7 Å². The molecule has 2 unspecified atom stereocenters. The van der Waals surface area contributed by atoms with Crippen molar-refractivity contribution >= 4 is 23.2 Å². The van der Waals surface area contributed by atoms with Crippen LogP contribution >= 0.6 is 23.2 Å². The smallest absolute Gasteiger partial charge is 0.0418 e. The Kier molecular flexibility index (Phi) is 8.70. The maximum atomic E-state index is 6.58. The summed E-state index contributed by atoms with van der Waals surface area (Å²) in [5.74, 6) is 0.289. The van der Waals surface area contributed by atoms with Gasteiger partial charge in [-0.3, -0.25) is 4.90 Å². The highest BCUT2D eigenvalue weighted by Crippen LogP contribution is 2.39. The van der Waals surface area contributed by atoms with Gasteiger partial charge >= 0.3 is 0 Å². The van der Waals surface area contributed by atoms with Crippen molar-refractivity contribution in [2.24, 2.45) is 0 Å². The van der Waals surface area contributed by atoms with Crippen molar-refractivity contribution in [3.05, 3.63) is 71.3 Å². The van der Waals surface area contributed by atoms with Gasteiger partial charge in [-0.05, 0) is 61.9 Å². The number of hydrogen-bond donors (Lipinski definition) is 0. The zero-order valence-corrected chi connectivity index (χ0v) is 18.5. The molecule has 3 heteroatoms. The Morgan fingerprint density at radius 1 is 0.857 bits per heavy atom. The minimum atomic E-state index is 0.169. The fourth-order valence-corrected chi connectivity index (χ4v) is 5.38. The average molecular weight is 418 g/mol. The summed E-state index contributed by atoms with van der Waals surface area (Å²) in [7, 11) is 0. The second kappa shape index (κ2) is 11.2. The standard InChI is InChI=1S/C25H33Cl2N/c1-2-17-28(19-21-8-4-3-5-9-21)18-7-10-20-13-15-22(16-14-20)25-23(26)11-6-12-24(25)27/h3-5,8-9,13-16,23-25H,2,6-7,10-12,17-19H2,1H3. The molecule has 0 N–H and O–H groups in total. The van der Waals surface area contributed by atoms with Crippen LogP contribution in [-0.4, -0.2) is 28.7 Å². The van der Waals surface area contributed by atoms with Crippen molar-refractivity contribution in [1.29, 1.82) is 0 Å². The van der Waals surface area contributed by atoms with Crippen molar-refractivity contribution in [1.82, 2.24) is 4.90 Å². The van der Waals surface area contributed by atoms with Gasteiger partial charge in [0.15, 0.2) is 0 Å². The van der Waals surface area contributed by atoms with Crippen LogP contribution in [0, 0.1) is 0 Å². The molecule has 1 nitrogen and oxygen atoms in total. The largest absolute Gasteiger partial charge is 0.299 e. The van der Waals surface area contributed by atoms with Crippen LogP contribution in [0.2, 0.25) is 0 Å². The van der Waals surface area contributed by atoms with Crippen LogP contribution in [0.25, 0.3) is 0 Å². The SMILES string of the molecule is CCCN(CCCc1ccc(C2C(Cl)CCCC2Cl)cc1)Cc1ccccc1. The van der Waals surface area contributed by atoms with Gasteiger partial charge in [0.1, 0.15) is 0 Å². The van der Waals surface area contributed by atoms with E-state index in [0.717, 1.165) is 45.3 Å². The third-order valence-electron chi connectivity index (χ3n) is 5.83. The maximum absolute atomic E-state index is 6.58.